The number of carbonyl (C=O) groups is 1. The number of hydrogen-bond acceptors (Lipinski definition) is 2. The highest BCUT2D eigenvalue weighted by atomic mass is 19.1. The molecule has 0 bridgehead atoms. The van der Waals surface area contributed by atoms with Crippen molar-refractivity contribution in [3.8, 4) is 16.9 Å². The number of ether oxygens (including phenoxy) is 1. The zero-order valence-corrected chi connectivity index (χ0v) is 13.5. The minimum atomic E-state index is -0.538. The van der Waals surface area contributed by atoms with E-state index in [1.54, 1.807) is 37.4 Å². The van der Waals surface area contributed by atoms with E-state index >= 15 is 0 Å². The maximum Gasteiger partial charge on any atom is 0.250 e. The van der Waals surface area contributed by atoms with Crippen molar-refractivity contribution in [1.29, 1.82) is 0 Å². The van der Waals surface area contributed by atoms with Gasteiger partial charge in [0.05, 0.1) is 23.7 Å². The minimum Gasteiger partial charge on any atom is -0.497 e. The number of amides is 1. The number of benzene rings is 3. The Morgan fingerprint density at radius 1 is 1.08 bits per heavy atom. The van der Waals surface area contributed by atoms with Gasteiger partial charge in [-0.15, -0.1) is 0 Å². The molecule has 0 unspecified atom stereocenters. The Morgan fingerprint density at radius 3 is 2.60 bits per heavy atom. The van der Waals surface area contributed by atoms with Crippen LogP contribution in [0.4, 0.5) is 4.39 Å². The third kappa shape index (κ3) is 2.32. The van der Waals surface area contributed by atoms with E-state index < -0.39 is 5.91 Å². The molecule has 0 saturated heterocycles. The average molecular weight is 334 g/mol. The van der Waals surface area contributed by atoms with Crippen LogP contribution in [0.3, 0.4) is 0 Å². The Bertz CT molecular complexity index is 1130. The number of nitrogens with one attached hydrogen (secondary N) is 1. The number of fused-ring (bicyclic) bond motifs is 3. The Morgan fingerprint density at radius 2 is 1.88 bits per heavy atom. The van der Waals surface area contributed by atoms with Crippen LogP contribution in [-0.4, -0.2) is 18.0 Å². The summed E-state index contributed by atoms with van der Waals surface area (Å²) in [5, 5.41) is 1.64. The third-order valence-corrected chi connectivity index (χ3v) is 4.39. The summed E-state index contributed by atoms with van der Waals surface area (Å²) in [5.41, 5.74) is 8.45. The average Bonchev–Trinajstić information content (AvgIpc) is 2.99. The van der Waals surface area contributed by atoms with Gasteiger partial charge in [0.1, 0.15) is 11.6 Å². The van der Waals surface area contributed by atoms with E-state index in [0.717, 1.165) is 16.3 Å². The molecule has 3 aromatic carbocycles. The Hall–Kier alpha value is -3.34. The molecule has 25 heavy (non-hydrogen) atoms. The fourth-order valence-corrected chi connectivity index (χ4v) is 3.23. The fraction of sp³-hybridized carbons (Fsp3) is 0.0500. The van der Waals surface area contributed by atoms with Gasteiger partial charge in [0, 0.05) is 22.4 Å². The second kappa shape index (κ2) is 5.63. The van der Waals surface area contributed by atoms with Crippen molar-refractivity contribution in [2.75, 3.05) is 7.11 Å². The summed E-state index contributed by atoms with van der Waals surface area (Å²) in [5.74, 6) is -0.172. The molecule has 1 amide bonds. The molecule has 1 heterocycles. The maximum atomic E-state index is 14.4. The number of nitrogens with two attached hydrogens (primary N) is 1. The van der Waals surface area contributed by atoms with Gasteiger partial charge in [0.2, 0.25) is 0 Å². The molecule has 0 aliphatic heterocycles. The van der Waals surface area contributed by atoms with Crippen molar-refractivity contribution in [3.05, 3.63) is 66.0 Å². The summed E-state index contributed by atoms with van der Waals surface area (Å²) in [6.45, 7) is 0. The van der Waals surface area contributed by atoms with Gasteiger partial charge in [-0.25, -0.2) is 4.39 Å². The van der Waals surface area contributed by atoms with Gasteiger partial charge in [-0.1, -0.05) is 24.3 Å². The molecule has 4 rings (SSSR count). The molecule has 1 aromatic heterocycles. The van der Waals surface area contributed by atoms with Crippen LogP contribution in [0.1, 0.15) is 10.4 Å². The standard InChI is InChI=1S/C20H15FN2O2/c1-25-11-6-7-14-17(10-11)23-19-15(20(22)24)9-8-13(18(14)19)12-4-2-3-5-16(12)21/h2-10,23H,1H3,(H2,22,24). The molecule has 5 heteroatoms. The summed E-state index contributed by atoms with van der Waals surface area (Å²) in [4.78, 5) is 15.1. The van der Waals surface area contributed by atoms with Crippen molar-refractivity contribution in [2.24, 2.45) is 5.73 Å². The number of methoxy groups -OCH3 is 1. The first-order valence-corrected chi connectivity index (χ1v) is 7.77. The molecule has 4 nitrogen and oxygen atoms in total. The lowest BCUT2D eigenvalue weighted by Crippen LogP contribution is -2.11. The van der Waals surface area contributed by atoms with Gasteiger partial charge < -0.3 is 15.5 Å². The van der Waals surface area contributed by atoms with Crippen LogP contribution < -0.4 is 10.5 Å². The van der Waals surface area contributed by atoms with Crippen LogP contribution in [0.15, 0.2) is 54.6 Å². The first-order chi connectivity index (χ1) is 12.1. The monoisotopic (exact) mass is 334 g/mol. The zero-order valence-electron chi connectivity index (χ0n) is 13.5. The quantitative estimate of drug-likeness (QED) is 0.588. The molecule has 0 aliphatic rings. The van der Waals surface area contributed by atoms with Crippen LogP contribution in [0, 0.1) is 5.82 Å². The number of aromatic amines is 1. The molecule has 0 saturated carbocycles. The van der Waals surface area contributed by atoms with E-state index in [9.17, 15) is 9.18 Å². The summed E-state index contributed by atoms with van der Waals surface area (Å²) in [6, 6.07) is 15.5. The topological polar surface area (TPSA) is 68.1 Å². The van der Waals surface area contributed by atoms with E-state index in [-0.39, 0.29) is 5.82 Å². The summed E-state index contributed by atoms with van der Waals surface area (Å²) < 4.78 is 19.6. The predicted octanol–water partition coefficient (Wildman–Crippen LogP) is 4.23. The van der Waals surface area contributed by atoms with Crippen molar-refractivity contribution in [1.82, 2.24) is 4.98 Å². The fourth-order valence-electron chi connectivity index (χ4n) is 3.23. The lowest BCUT2D eigenvalue weighted by Gasteiger charge is -2.08. The van der Waals surface area contributed by atoms with Crippen molar-refractivity contribution in [2.45, 2.75) is 0 Å². The van der Waals surface area contributed by atoms with Gasteiger partial charge in [0.25, 0.3) is 5.91 Å². The van der Waals surface area contributed by atoms with E-state index in [1.165, 1.54) is 6.07 Å². The van der Waals surface area contributed by atoms with Crippen LogP contribution in [0.5, 0.6) is 5.75 Å². The van der Waals surface area contributed by atoms with Gasteiger partial charge in [-0.2, -0.15) is 0 Å². The molecule has 0 aliphatic carbocycles. The first kappa shape index (κ1) is 15.2. The van der Waals surface area contributed by atoms with Crippen molar-refractivity contribution in [3.63, 3.8) is 0 Å². The predicted molar refractivity (Wildman–Crippen MR) is 96.3 cm³/mol. The van der Waals surface area contributed by atoms with Crippen molar-refractivity contribution >= 4 is 27.7 Å². The summed E-state index contributed by atoms with van der Waals surface area (Å²) >= 11 is 0. The van der Waals surface area contributed by atoms with E-state index in [4.69, 9.17) is 10.5 Å². The smallest absolute Gasteiger partial charge is 0.250 e. The SMILES string of the molecule is COc1ccc2c(c1)[nH]c1c(C(N)=O)ccc(-c3ccccc3F)c12. The Balaban J connectivity index is 2.16. The van der Waals surface area contributed by atoms with Crippen LogP contribution in [0.25, 0.3) is 32.9 Å². The summed E-state index contributed by atoms with van der Waals surface area (Å²) in [6.07, 6.45) is 0. The molecule has 0 radical (unpaired) electrons. The second-order valence-electron chi connectivity index (χ2n) is 5.79. The lowest BCUT2D eigenvalue weighted by atomic mass is 9.96. The van der Waals surface area contributed by atoms with Crippen molar-refractivity contribution < 1.29 is 13.9 Å². The first-order valence-electron chi connectivity index (χ1n) is 7.77. The lowest BCUT2D eigenvalue weighted by molar-refractivity contribution is 0.100. The summed E-state index contributed by atoms with van der Waals surface area (Å²) in [7, 11) is 1.59. The zero-order chi connectivity index (χ0) is 17.6. The van der Waals surface area contributed by atoms with Gasteiger partial charge in [-0.05, 0) is 29.8 Å². The molecule has 3 N–H and O–H groups in total. The Labute approximate surface area is 143 Å². The number of H-pyrrole nitrogens is 1. The number of carbonyl (C=O) groups excluding carboxylic acids is 1. The molecule has 0 fully saturated rings. The Kier molecular flexibility index (Phi) is 3.42. The second-order valence-corrected chi connectivity index (χ2v) is 5.79. The number of primary amides is 1. The third-order valence-electron chi connectivity index (χ3n) is 4.39. The molecule has 0 atom stereocenters. The number of aromatic nitrogens is 1. The highest BCUT2D eigenvalue weighted by molar-refractivity contribution is 6.19. The van der Waals surface area contributed by atoms with Gasteiger partial charge in [0.15, 0.2) is 0 Å². The van der Waals surface area contributed by atoms with Gasteiger partial charge >= 0.3 is 0 Å². The van der Waals surface area contributed by atoms with Crippen LogP contribution in [0.2, 0.25) is 0 Å². The molecule has 0 spiro atoms. The number of halogens is 1. The minimum absolute atomic E-state index is 0.321. The highest BCUT2D eigenvalue weighted by Crippen LogP contribution is 2.38. The normalized spacial score (nSPS) is 11.1. The number of rotatable bonds is 3. The van der Waals surface area contributed by atoms with Crippen LogP contribution >= 0.6 is 0 Å². The van der Waals surface area contributed by atoms with E-state index in [1.807, 2.05) is 18.2 Å². The molecular formula is C20H15FN2O2. The molecule has 124 valence electrons. The molecule has 4 aromatic rings. The largest absolute Gasteiger partial charge is 0.497 e. The van der Waals surface area contributed by atoms with E-state index in [0.29, 0.717) is 28.0 Å². The van der Waals surface area contributed by atoms with Crippen LogP contribution in [-0.2, 0) is 0 Å². The molecular weight excluding hydrogens is 319 g/mol. The maximum absolute atomic E-state index is 14.4. The number of hydrogen-bond donors (Lipinski definition) is 2. The van der Waals surface area contributed by atoms with Gasteiger partial charge in [-0.3, -0.25) is 4.79 Å². The highest BCUT2D eigenvalue weighted by Gasteiger charge is 2.18. The van der Waals surface area contributed by atoms with E-state index in [2.05, 4.69) is 4.98 Å².